The molecule has 1 atom stereocenters. The predicted octanol–water partition coefficient (Wildman–Crippen LogP) is 2.36. The average Bonchev–Trinajstić information content (AvgIpc) is 2.83. The van der Waals surface area contributed by atoms with E-state index in [9.17, 15) is 18.0 Å². The summed E-state index contributed by atoms with van der Waals surface area (Å²) in [7, 11) is -3.90. The molecule has 2 aromatic carbocycles. The number of ketones is 1. The molecule has 0 saturated carbocycles. The molecule has 1 aliphatic rings. The Morgan fingerprint density at radius 1 is 1.14 bits per heavy atom. The highest BCUT2D eigenvalue weighted by molar-refractivity contribution is 7.89. The molecule has 1 saturated heterocycles. The lowest BCUT2D eigenvalue weighted by Gasteiger charge is -2.29. The Morgan fingerprint density at radius 2 is 1.89 bits per heavy atom. The molecular formula is C20H24N2O5S. The number of benzene rings is 2. The standard InChI is InChI=1S/C20H24N2O5S/c23-18-8-3-4-12-22(13-5-9-19(24)25)20(18)21-28(26,27)17-11-10-15-6-1-2-7-16(15)14-17/h1-2,6-7,10-11,14,20-21H,3-5,8-9,12-13H2,(H,24,25)/t20-/m1/s1. The number of carbonyl (C=O) groups excluding carboxylic acids is 1. The van der Waals surface area contributed by atoms with Gasteiger partial charge in [-0.1, -0.05) is 30.3 Å². The molecule has 1 fully saturated rings. The maximum Gasteiger partial charge on any atom is 0.303 e. The number of nitrogens with one attached hydrogen (secondary N) is 1. The molecular weight excluding hydrogens is 380 g/mol. The number of Topliss-reactive ketones (excluding diaryl/α,β-unsaturated/α-hetero) is 1. The maximum atomic E-state index is 12.9. The third-order valence-electron chi connectivity index (χ3n) is 4.92. The van der Waals surface area contributed by atoms with Gasteiger partial charge in [0, 0.05) is 25.9 Å². The van der Waals surface area contributed by atoms with Crippen molar-refractivity contribution < 1.29 is 23.1 Å². The minimum absolute atomic E-state index is 0.0190. The first-order valence-corrected chi connectivity index (χ1v) is 10.8. The monoisotopic (exact) mass is 404 g/mol. The molecule has 1 heterocycles. The van der Waals surface area contributed by atoms with Gasteiger partial charge in [0.15, 0.2) is 5.78 Å². The number of carboxylic acid groups (broad SMARTS) is 1. The Balaban J connectivity index is 1.82. The lowest BCUT2D eigenvalue weighted by Crippen LogP contribution is -2.52. The average molecular weight is 404 g/mol. The van der Waals surface area contributed by atoms with E-state index in [-0.39, 0.29) is 17.1 Å². The zero-order valence-corrected chi connectivity index (χ0v) is 16.3. The van der Waals surface area contributed by atoms with Gasteiger partial charge in [0.2, 0.25) is 10.0 Å². The highest BCUT2D eigenvalue weighted by atomic mass is 32.2. The molecule has 150 valence electrons. The molecule has 1 aliphatic heterocycles. The summed E-state index contributed by atoms with van der Waals surface area (Å²) < 4.78 is 28.4. The van der Waals surface area contributed by atoms with Gasteiger partial charge in [-0.3, -0.25) is 14.5 Å². The fraction of sp³-hybridized carbons (Fsp3) is 0.400. The number of likely N-dealkylation sites (tertiary alicyclic amines) is 1. The Hall–Kier alpha value is -2.29. The molecule has 0 radical (unpaired) electrons. The summed E-state index contributed by atoms with van der Waals surface area (Å²) in [6.07, 6.45) is 1.15. The quantitative estimate of drug-likeness (QED) is 0.734. The number of carbonyl (C=O) groups is 2. The summed E-state index contributed by atoms with van der Waals surface area (Å²) in [5, 5.41) is 10.6. The van der Waals surface area contributed by atoms with Crippen LogP contribution in [-0.2, 0) is 19.6 Å². The van der Waals surface area contributed by atoms with Crippen molar-refractivity contribution in [3.05, 3.63) is 42.5 Å². The second-order valence-electron chi connectivity index (χ2n) is 6.99. The van der Waals surface area contributed by atoms with E-state index >= 15 is 0 Å². The number of rotatable bonds is 7. The Morgan fingerprint density at radius 3 is 2.64 bits per heavy atom. The van der Waals surface area contributed by atoms with Gasteiger partial charge in [-0.2, -0.15) is 4.72 Å². The Bertz CT molecular complexity index is 973. The van der Waals surface area contributed by atoms with E-state index in [0.29, 0.717) is 32.4 Å². The topological polar surface area (TPSA) is 104 Å². The molecule has 0 bridgehead atoms. The second-order valence-corrected chi connectivity index (χ2v) is 8.70. The zero-order valence-electron chi connectivity index (χ0n) is 15.5. The van der Waals surface area contributed by atoms with Crippen molar-refractivity contribution in [2.24, 2.45) is 0 Å². The van der Waals surface area contributed by atoms with Gasteiger partial charge < -0.3 is 5.11 Å². The van der Waals surface area contributed by atoms with Gasteiger partial charge >= 0.3 is 5.97 Å². The van der Waals surface area contributed by atoms with E-state index in [4.69, 9.17) is 5.11 Å². The molecule has 0 unspecified atom stereocenters. The van der Waals surface area contributed by atoms with Crippen LogP contribution < -0.4 is 4.72 Å². The summed E-state index contributed by atoms with van der Waals surface area (Å²) in [5.74, 6) is -1.09. The highest BCUT2D eigenvalue weighted by Gasteiger charge is 2.32. The smallest absolute Gasteiger partial charge is 0.303 e. The van der Waals surface area contributed by atoms with Crippen LogP contribution in [0.25, 0.3) is 10.8 Å². The van der Waals surface area contributed by atoms with Gasteiger partial charge in [-0.15, -0.1) is 0 Å². The summed E-state index contributed by atoms with van der Waals surface area (Å²) in [6.45, 7) is 0.902. The summed E-state index contributed by atoms with van der Waals surface area (Å²) in [4.78, 5) is 25.2. The SMILES string of the molecule is O=C(O)CCCN1CCCCC(=O)[C@@H]1NS(=O)(=O)c1ccc2ccccc2c1. The van der Waals surface area contributed by atoms with Gasteiger partial charge in [0.05, 0.1) is 4.90 Å². The molecule has 7 nitrogen and oxygen atoms in total. The van der Waals surface area contributed by atoms with Crippen LogP contribution in [0.1, 0.15) is 32.1 Å². The van der Waals surface area contributed by atoms with E-state index in [0.717, 1.165) is 17.2 Å². The number of nitrogens with zero attached hydrogens (tertiary/aromatic N) is 1. The van der Waals surface area contributed by atoms with Crippen molar-refractivity contribution in [3.8, 4) is 0 Å². The largest absolute Gasteiger partial charge is 0.481 e. The Labute approximate surface area is 164 Å². The highest BCUT2D eigenvalue weighted by Crippen LogP contribution is 2.21. The fourth-order valence-electron chi connectivity index (χ4n) is 3.45. The number of sulfonamides is 1. The minimum atomic E-state index is -3.90. The van der Waals surface area contributed by atoms with E-state index in [1.165, 1.54) is 6.07 Å². The lowest BCUT2D eigenvalue weighted by atomic mass is 10.1. The first-order chi connectivity index (χ1) is 13.4. The van der Waals surface area contributed by atoms with Crippen molar-refractivity contribution in [2.75, 3.05) is 13.1 Å². The predicted molar refractivity (Wildman–Crippen MR) is 105 cm³/mol. The fourth-order valence-corrected chi connectivity index (χ4v) is 4.69. The molecule has 2 aromatic rings. The lowest BCUT2D eigenvalue weighted by molar-refractivity contribution is -0.137. The van der Waals surface area contributed by atoms with Gasteiger partial charge in [-0.25, -0.2) is 8.42 Å². The molecule has 8 heteroatoms. The summed E-state index contributed by atoms with van der Waals surface area (Å²) in [5.41, 5.74) is 0. The van der Waals surface area contributed by atoms with Crippen molar-refractivity contribution in [2.45, 2.75) is 43.2 Å². The van der Waals surface area contributed by atoms with Crippen LogP contribution in [0, 0.1) is 0 Å². The van der Waals surface area contributed by atoms with Crippen LogP contribution in [-0.4, -0.2) is 49.4 Å². The van der Waals surface area contributed by atoms with Crippen LogP contribution in [0.2, 0.25) is 0 Å². The number of carboxylic acids is 1. The molecule has 2 N–H and O–H groups in total. The maximum absolute atomic E-state index is 12.9. The van der Waals surface area contributed by atoms with E-state index < -0.39 is 22.2 Å². The summed E-state index contributed by atoms with van der Waals surface area (Å²) >= 11 is 0. The van der Waals surface area contributed by atoms with Crippen molar-refractivity contribution in [1.82, 2.24) is 9.62 Å². The van der Waals surface area contributed by atoms with Gasteiger partial charge in [0.25, 0.3) is 0 Å². The number of hydrogen-bond acceptors (Lipinski definition) is 5. The first kappa shape index (κ1) is 20.4. The number of hydrogen-bond donors (Lipinski definition) is 2. The third kappa shape index (κ3) is 4.95. The van der Waals surface area contributed by atoms with Crippen LogP contribution in [0.5, 0.6) is 0 Å². The van der Waals surface area contributed by atoms with Crippen LogP contribution >= 0.6 is 0 Å². The van der Waals surface area contributed by atoms with E-state index in [1.54, 1.807) is 17.0 Å². The molecule has 3 rings (SSSR count). The second kappa shape index (κ2) is 8.81. The van der Waals surface area contributed by atoms with E-state index in [2.05, 4.69) is 4.72 Å². The zero-order chi connectivity index (χ0) is 20.1. The van der Waals surface area contributed by atoms with Gasteiger partial charge in [0.1, 0.15) is 6.17 Å². The number of aliphatic carboxylic acids is 1. The van der Waals surface area contributed by atoms with E-state index in [1.807, 2.05) is 24.3 Å². The van der Waals surface area contributed by atoms with Crippen molar-refractivity contribution >= 4 is 32.5 Å². The summed E-state index contributed by atoms with van der Waals surface area (Å²) in [6, 6.07) is 12.3. The van der Waals surface area contributed by atoms with Crippen LogP contribution in [0.4, 0.5) is 0 Å². The van der Waals surface area contributed by atoms with Crippen molar-refractivity contribution in [1.29, 1.82) is 0 Å². The Kier molecular flexibility index (Phi) is 6.43. The normalized spacial score (nSPS) is 18.9. The molecule has 0 spiro atoms. The number of fused-ring (bicyclic) bond motifs is 1. The molecule has 28 heavy (non-hydrogen) atoms. The van der Waals surface area contributed by atoms with Crippen LogP contribution in [0.15, 0.2) is 47.4 Å². The first-order valence-electron chi connectivity index (χ1n) is 9.36. The minimum Gasteiger partial charge on any atom is -0.481 e. The third-order valence-corrected chi connectivity index (χ3v) is 6.33. The van der Waals surface area contributed by atoms with Gasteiger partial charge in [-0.05, 0) is 42.2 Å². The van der Waals surface area contributed by atoms with Crippen molar-refractivity contribution in [3.63, 3.8) is 0 Å². The molecule has 0 aromatic heterocycles. The molecule has 0 aliphatic carbocycles. The molecule has 0 amide bonds. The van der Waals surface area contributed by atoms with Crippen LogP contribution in [0.3, 0.4) is 0 Å².